The Hall–Kier alpha value is -1.58. The number of hydrogen-bond acceptors (Lipinski definition) is 2. The van der Waals surface area contributed by atoms with E-state index in [4.69, 9.17) is 10.5 Å². The molecule has 0 aliphatic heterocycles. The number of benzene rings is 2. The second-order valence-corrected chi connectivity index (χ2v) is 4.07. The second-order valence-electron chi connectivity index (χ2n) is 4.07. The number of rotatable bonds is 5. The number of para-hydroxylation sites is 1. The highest BCUT2D eigenvalue weighted by Crippen LogP contribution is 2.24. The topological polar surface area (TPSA) is 35.2 Å². The second kappa shape index (κ2) is 7.77. The van der Waals surface area contributed by atoms with Crippen LogP contribution in [0, 0.1) is 0 Å². The molecule has 0 amide bonds. The molecule has 2 rings (SSSR count). The van der Waals surface area contributed by atoms with Gasteiger partial charge in [0.15, 0.2) is 0 Å². The number of halogens is 2. The van der Waals surface area contributed by atoms with E-state index in [1.54, 1.807) is 6.07 Å². The number of hydrogen-bond donors (Lipinski definition) is 1. The Morgan fingerprint density at radius 3 is 2.32 bits per heavy atom. The standard InChI is InChI=1S/C15H16FNO.ClH/c16-10-14(17)13-8-4-5-9-15(13)18-11-12-6-2-1-3-7-12;/h1-9,14H,10-11,17H2;1H/t14-;/m1./s1. The zero-order valence-electron chi connectivity index (χ0n) is 10.5. The highest BCUT2D eigenvalue weighted by atomic mass is 35.5. The minimum Gasteiger partial charge on any atom is -0.489 e. The first-order chi connectivity index (χ1) is 8.81. The Labute approximate surface area is 118 Å². The third-order valence-electron chi connectivity index (χ3n) is 2.72. The van der Waals surface area contributed by atoms with Crippen molar-refractivity contribution >= 4 is 12.4 Å². The fraction of sp³-hybridized carbons (Fsp3) is 0.200. The maximum atomic E-state index is 12.6. The SMILES string of the molecule is Cl.N[C@H](CF)c1ccccc1OCc1ccccc1. The van der Waals surface area contributed by atoms with Crippen LogP contribution in [0.5, 0.6) is 5.75 Å². The van der Waals surface area contributed by atoms with Crippen molar-refractivity contribution in [3.63, 3.8) is 0 Å². The van der Waals surface area contributed by atoms with Crippen molar-refractivity contribution in [1.82, 2.24) is 0 Å². The average molecular weight is 282 g/mol. The van der Waals surface area contributed by atoms with Gasteiger partial charge >= 0.3 is 0 Å². The molecule has 2 N–H and O–H groups in total. The third-order valence-corrected chi connectivity index (χ3v) is 2.72. The molecule has 0 saturated carbocycles. The van der Waals surface area contributed by atoms with Gasteiger partial charge in [-0.25, -0.2) is 4.39 Å². The lowest BCUT2D eigenvalue weighted by Crippen LogP contribution is -2.13. The van der Waals surface area contributed by atoms with Gasteiger partial charge in [0.1, 0.15) is 19.0 Å². The van der Waals surface area contributed by atoms with E-state index in [0.717, 1.165) is 5.56 Å². The average Bonchev–Trinajstić information content (AvgIpc) is 2.45. The molecule has 4 heteroatoms. The summed E-state index contributed by atoms with van der Waals surface area (Å²) >= 11 is 0. The van der Waals surface area contributed by atoms with Gasteiger partial charge in [0.25, 0.3) is 0 Å². The van der Waals surface area contributed by atoms with E-state index in [0.29, 0.717) is 17.9 Å². The monoisotopic (exact) mass is 281 g/mol. The summed E-state index contributed by atoms with van der Waals surface area (Å²) in [6.07, 6.45) is 0. The van der Waals surface area contributed by atoms with E-state index in [1.807, 2.05) is 48.5 Å². The molecular weight excluding hydrogens is 265 g/mol. The summed E-state index contributed by atoms with van der Waals surface area (Å²) in [5.41, 5.74) is 7.48. The molecule has 0 spiro atoms. The van der Waals surface area contributed by atoms with Gasteiger partial charge in [0, 0.05) is 5.56 Å². The van der Waals surface area contributed by atoms with Crippen molar-refractivity contribution in [1.29, 1.82) is 0 Å². The number of nitrogens with two attached hydrogens (primary N) is 1. The van der Waals surface area contributed by atoms with E-state index in [1.165, 1.54) is 0 Å². The zero-order chi connectivity index (χ0) is 12.8. The van der Waals surface area contributed by atoms with Gasteiger partial charge in [-0.3, -0.25) is 0 Å². The quantitative estimate of drug-likeness (QED) is 0.908. The van der Waals surface area contributed by atoms with Gasteiger partial charge in [-0.05, 0) is 11.6 Å². The number of ether oxygens (including phenoxy) is 1. The lowest BCUT2D eigenvalue weighted by Gasteiger charge is -2.14. The van der Waals surface area contributed by atoms with Gasteiger partial charge in [-0.2, -0.15) is 0 Å². The van der Waals surface area contributed by atoms with Crippen molar-refractivity contribution in [2.24, 2.45) is 5.73 Å². The lowest BCUT2D eigenvalue weighted by molar-refractivity contribution is 0.298. The van der Waals surface area contributed by atoms with Gasteiger partial charge in [-0.1, -0.05) is 48.5 Å². The maximum Gasteiger partial charge on any atom is 0.124 e. The summed E-state index contributed by atoms with van der Waals surface area (Å²) < 4.78 is 18.3. The first kappa shape index (κ1) is 15.5. The van der Waals surface area contributed by atoms with E-state index >= 15 is 0 Å². The highest BCUT2D eigenvalue weighted by Gasteiger charge is 2.11. The Morgan fingerprint density at radius 2 is 1.63 bits per heavy atom. The van der Waals surface area contributed by atoms with Crippen LogP contribution in [0.3, 0.4) is 0 Å². The van der Waals surface area contributed by atoms with Gasteiger partial charge in [0.05, 0.1) is 6.04 Å². The molecule has 0 unspecified atom stereocenters. The molecule has 0 heterocycles. The molecule has 0 bridgehead atoms. The Kier molecular flexibility index (Phi) is 6.33. The zero-order valence-corrected chi connectivity index (χ0v) is 11.3. The van der Waals surface area contributed by atoms with Crippen LogP contribution >= 0.6 is 12.4 Å². The van der Waals surface area contributed by atoms with Crippen LogP contribution in [0.1, 0.15) is 17.2 Å². The minimum absolute atomic E-state index is 0. The van der Waals surface area contributed by atoms with E-state index in [2.05, 4.69) is 0 Å². The molecule has 2 aromatic rings. The highest BCUT2D eigenvalue weighted by molar-refractivity contribution is 5.85. The van der Waals surface area contributed by atoms with Crippen molar-refractivity contribution in [3.05, 3.63) is 65.7 Å². The smallest absolute Gasteiger partial charge is 0.124 e. The van der Waals surface area contributed by atoms with Crippen LogP contribution < -0.4 is 10.5 Å². The molecule has 2 aromatic carbocycles. The maximum absolute atomic E-state index is 12.6. The Morgan fingerprint density at radius 1 is 1.00 bits per heavy atom. The molecule has 1 atom stereocenters. The molecule has 0 aliphatic rings. The number of alkyl halides is 1. The van der Waals surface area contributed by atoms with E-state index < -0.39 is 12.7 Å². The fourth-order valence-electron chi connectivity index (χ4n) is 1.74. The Balaban J connectivity index is 0.00000180. The molecule has 0 radical (unpaired) electrons. The van der Waals surface area contributed by atoms with Gasteiger partial charge in [-0.15, -0.1) is 12.4 Å². The lowest BCUT2D eigenvalue weighted by atomic mass is 10.1. The van der Waals surface area contributed by atoms with Crippen LogP contribution in [0.15, 0.2) is 54.6 Å². The van der Waals surface area contributed by atoms with Crippen LogP contribution in [-0.4, -0.2) is 6.67 Å². The van der Waals surface area contributed by atoms with Crippen LogP contribution in [0.2, 0.25) is 0 Å². The van der Waals surface area contributed by atoms with Crippen molar-refractivity contribution in [2.45, 2.75) is 12.6 Å². The summed E-state index contributed by atoms with van der Waals surface area (Å²) in [7, 11) is 0. The Bertz CT molecular complexity index is 493. The van der Waals surface area contributed by atoms with Crippen LogP contribution in [0.25, 0.3) is 0 Å². The summed E-state index contributed by atoms with van der Waals surface area (Å²) in [4.78, 5) is 0. The minimum atomic E-state index is -0.628. The summed E-state index contributed by atoms with van der Waals surface area (Å²) in [6.45, 7) is -0.136. The first-order valence-electron chi connectivity index (χ1n) is 5.88. The van der Waals surface area contributed by atoms with Crippen molar-refractivity contribution in [2.75, 3.05) is 6.67 Å². The van der Waals surface area contributed by atoms with Gasteiger partial charge in [0.2, 0.25) is 0 Å². The predicted molar refractivity (Wildman–Crippen MR) is 77.4 cm³/mol. The van der Waals surface area contributed by atoms with Gasteiger partial charge < -0.3 is 10.5 Å². The summed E-state index contributed by atoms with van der Waals surface area (Å²) in [5, 5.41) is 0. The molecule has 0 aromatic heterocycles. The molecule has 102 valence electrons. The third kappa shape index (κ3) is 4.23. The molecule has 0 fully saturated rings. The molecular formula is C15H17ClFNO. The largest absolute Gasteiger partial charge is 0.489 e. The molecule has 0 aliphatic carbocycles. The molecule has 19 heavy (non-hydrogen) atoms. The normalized spacial score (nSPS) is 11.5. The predicted octanol–water partition coefficient (Wildman–Crippen LogP) is 3.66. The molecule has 0 saturated heterocycles. The van der Waals surface area contributed by atoms with E-state index in [-0.39, 0.29) is 12.4 Å². The van der Waals surface area contributed by atoms with E-state index in [9.17, 15) is 4.39 Å². The fourth-order valence-corrected chi connectivity index (χ4v) is 1.74. The van der Waals surface area contributed by atoms with Crippen LogP contribution in [-0.2, 0) is 6.61 Å². The molecule has 2 nitrogen and oxygen atoms in total. The summed E-state index contributed by atoms with van der Waals surface area (Å²) in [5.74, 6) is 0.645. The van der Waals surface area contributed by atoms with Crippen LogP contribution in [0.4, 0.5) is 4.39 Å². The first-order valence-corrected chi connectivity index (χ1v) is 5.88. The van der Waals surface area contributed by atoms with Crippen molar-refractivity contribution < 1.29 is 9.13 Å². The summed E-state index contributed by atoms with van der Waals surface area (Å²) in [6, 6.07) is 16.5. The van der Waals surface area contributed by atoms with Crippen molar-refractivity contribution in [3.8, 4) is 5.75 Å².